The lowest BCUT2D eigenvalue weighted by Crippen LogP contribution is -2.25. The second kappa shape index (κ2) is 19.2. The number of carbonyl (C=O) groups excluding carboxylic acids is 1. The predicted octanol–water partition coefficient (Wildman–Crippen LogP) is 4.63. The van der Waals surface area contributed by atoms with E-state index in [4.69, 9.17) is 23.8 Å². The fourth-order valence-corrected chi connectivity index (χ4v) is 3.10. The number of esters is 1. The van der Waals surface area contributed by atoms with E-state index in [0.717, 1.165) is 19.3 Å². The minimum atomic E-state index is -3.71. The maximum Gasteiger partial charge on any atom is 0.321 e. The first-order chi connectivity index (χ1) is 12.4. The highest BCUT2D eigenvalue weighted by atomic mass is 32.5. The van der Waals surface area contributed by atoms with E-state index in [0.29, 0.717) is 6.42 Å². The summed E-state index contributed by atoms with van der Waals surface area (Å²) in [4.78, 5) is 29.7. The van der Waals surface area contributed by atoms with Crippen LogP contribution in [0.2, 0.25) is 0 Å². The second-order valence-corrected chi connectivity index (χ2v) is 9.28. The molecule has 0 fully saturated rings. The van der Waals surface area contributed by atoms with Gasteiger partial charge in [-0.1, -0.05) is 71.1 Å². The molecule has 164 valence electrons. The van der Waals surface area contributed by atoms with Crippen LogP contribution in [0.4, 0.5) is 0 Å². The zero-order chi connectivity index (χ0) is 19.7. The third-order valence-corrected chi connectivity index (χ3v) is 4.98. The SMILES string of the molecule is CCCCCCCCCCCCCC(=O)OCC(COP(O)(O)=S)OC.N. The molecule has 0 heterocycles. The van der Waals surface area contributed by atoms with E-state index in [1.54, 1.807) is 0 Å². The molecule has 0 saturated heterocycles. The highest BCUT2D eigenvalue weighted by Gasteiger charge is 2.16. The number of unbranched alkanes of at least 4 members (excludes halogenated alkanes) is 10. The fourth-order valence-electron chi connectivity index (χ4n) is 2.56. The maximum atomic E-state index is 11.7. The molecule has 27 heavy (non-hydrogen) atoms. The van der Waals surface area contributed by atoms with E-state index in [2.05, 4.69) is 18.7 Å². The van der Waals surface area contributed by atoms with E-state index >= 15 is 0 Å². The third-order valence-electron chi connectivity index (χ3n) is 4.18. The minimum absolute atomic E-state index is 0. The van der Waals surface area contributed by atoms with Crippen molar-refractivity contribution in [1.82, 2.24) is 6.15 Å². The van der Waals surface area contributed by atoms with Gasteiger partial charge in [0.15, 0.2) is 0 Å². The number of hydrogen-bond donors (Lipinski definition) is 3. The van der Waals surface area contributed by atoms with Gasteiger partial charge in [-0.05, 0) is 18.2 Å². The van der Waals surface area contributed by atoms with Gasteiger partial charge in [0, 0.05) is 13.5 Å². The van der Waals surface area contributed by atoms with Gasteiger partial charge in [0.2, 0.25) is 0 Å². The van der Waals surface area contributed by atoms with Crippen LogP contribution < -0.4 is 6.15 Å². The van der Waals surface area contributed by atoms with Gasteiger partial charge in [-0.3, -0.25) is 4.79 Å². The molecule has 0 aromatic heterocycles. The van der Waals surface area contributed by atoms with Crippen molar-refractivity contribution in [2.75, 3.05) is 20.3 Å². The van der Waals surface area contributed by atoms with Crippen molar-refractivity contribution in [3.63, 3.8) is 0 Å². The molecular formula is C18H40NO6PS. The van der Waals surface area contributed by atoms with Gasteiger partial charge in [0.05, 0.1) is 6.61 Å². The topological polar surface area (TPSA) is 120 Å². The van der Waals surface area contributed by atoms with E-state index in [9.17, 15) is 4.79 Å². The number of ether oxygens (including phenoxy) is 2. The summed E-state index contributed by atoms with van der Waals surface area (Å²) >= 11 is 4.36. The Morgan fingerprint density at radius 1 is 0.926 bits per heavy atom. The second-order valence-electron chi connectivity index (χ2n) is 6.61. The Labute approximate surface area is 170 Å². The van der Waals surface area contributed by atoms with Crippen LogP contribution in [0.1, 0.15) is 84.0 Å². The highest BCUT2D eigenvalue weighted by molar-refractivity contribution is 8.06. The standard InChI is InChI=1S/C18H37O6PS.H3N/c1-3-4-5-6-7-8-9-10-11-12-13-14-18(19)23-15-17(22-2)16-24-25(20,21)26;/h17H,3-16H2,1-2H3,(H2,20,21,26);1H3. The Kier molecular flexibility index (Phi) is 20.8. The maximum absolute atomic E-state index is 11.7. The highest BCUT2D eigenvalue weighted by Crippen LogP contribution is 2.36. The van der Waals surface area contributed by atoms with E-state index in [1.807, 2.05) is 0 Å². The summed E-state index contributed by atoms with van der Waals surface area (Å²) in [5.41, 5.74) is 0. The average Bonchev–Trinajstić information content (AvgIpc) is 2.59. The Bertz CT molecular complexity index is 394. The first-order valence-electron chi connectivity index (χ1n) is 9.77. The van der Waals surface area contributed by atoms with E-state index in [1.165, 1.54) is 58.5 Å². The first-order valence-corrected chi connectivity index (χ1v) is 12.4. The summed E-state index contributed by atoms with van der Waals surface area (Å²) in [6.07, 6.45) is 13.4. The van der Waals surface area contributed by atoms with E-state index < -0.39 is 12.8 Å². The van der Waals surface area contributed by atoms with Gasteiger partial charge >= 0.3 is 12.7 Å². The van der Waals surface area contributed by atoms with Gasteiger partial charge in [0.1, 0.15) is 12.7 Å². The van der Waals surface area contributed by atoms with Crippen LogP contribution in [-0.4, -0.2) is 42.2 Å². The van der Waals surface area contributed by atoms with Crippen LogP contribution in [0.3, 0.4) is 0 Å². The summed E-state index contributed by atoms with van der Waals surface area (Å²) in [5.74, 6) is -0.268. The van der Waals surface area contributed by atoms with Crippen LogP contribution in [0.5, 0.6) is 0 Å². The zero-order valence-electron chi connectivity index (χ0n) is 17.1. The monoisotopic (exact) mass is 429 g/mol. The Morgan fingerprint density at radius 2 is 1.41 bits per heavy atom. The van der Waals surface area contributed by atoms with Crippen molar-refractivity contribution in [3.8, 4) is 0 Å². The predicted molar refractivity (Wildman–Crippen MR) is 113 cm³/mol. The summed E-state index contributed by atoms with van der Waals surface area (Å²) < 4.78 is 14.9. The van der Waals surface area contributed by atoms with Crippen molar-refractivity contribution in [2.45, 2.75) is 90.1 Å². The summed E-state index contributed by atoms with van der Waals surface area (Å²) in [6, 6.07) is 0. The van der Waals surface area contributed by atoms with Gasteiger partial charge in [-0.25, -0.2) is 0 Å². The number of carbonyl (C=O) groups is 1. The molecule has 1 atom stereocenters. The normalized spacial score (nSPS) is 12.4. The van der Waals surface area contributed by atoms with Crippen LogP contribution in [-0.2, 0) is 30.6 Å². The molecule has 9 heteroatoms. The molecule has 0 saturated carbocycles. The molecule has 0 rings (SSSR count). The molecular weight excluding hydrogens is 389 g/mol. The van der Waals surface area contributed by atoms with Crippen LogP contribution in [0, 0.1) is 0 Å². The molecule has 0 aliphatic carbocycles. The van der Waals surface area contributed by atoms with Crippen LogP contribution in [0.25, 0.3) is 0 Å². The molecule has 5 N–H and O–H groups in total. The number of rotatable bonds is 18. The molecule has 0 aliphatic heterocycles. The quantitative estimate of drug-likeness (QED) is 0.164. The van der Waals surface area contributed by atoms with Crippen molar-refractivity contribution in [2.24, 2.45) is 0 Å². The molecule has 0 amide bonds. The molecule has 0 bridgehead atoms. The molecule has 0 aromatic carbocycles. The average molecular weight is 430 g/mol. The lowest BCUT2D eigenvalue weighted by atomic mass is 10.1. The van der Waals surface area contributed by atoms with Crippen molar-refractivity contribution >= 4 is 24.5 Å². The zero-order valence-corrected chi connectivity index (χ0v) is 18.8. The van der Waals surface area contributed by atoms with Gasteiger partial charge in [-0.15, -0.1) is 0 Å². The minimum Gasteiger partial charge on any atom is -0.463 e. The summed E-state index contributed by atoms with van der Waals surface area (Å²) in [6.45, 7) is -1.57. The Hall–Kier alpha value is -0.0800. The smallest absolute Gasteiger partial charge is 0.321 e. The largest absolute Gasteiger partial charge is 0.463 e. The van der Waals surface area contributed by atoms with Gasteiger partial charge < -0.3 is 29.9 Å². The molecule has 0 radical (unpaired) electrons. The molecule has 7 nitrogen and oxygen atoms in total. The number of methoxy groups -OCH3 is 1. The van der Waals surface area contributed by atoms with Crippen molar-refractivity contribution in [1.29, 1.82) is 0 Å². The van der Waals surface area contributed by atoms with Crippen LogP contribution in [0.15, 0.2) is 0 Å². The van der Waals surface area contributed by atoms with Crippen molar-refractivity contribution in [3.05, 3.63) is 0 Å². The van der Waals surface area contributed by atoms with Gasteiger partial charge in [-0.2, -0.15) is 0 Å². The first kappa shape index (κ1) is 29.1. The number of hydrogen-bond acceptors (Lipinski definition) is 6. The lowest BCUT2D eigenvalue weighted by molar-refractivity contribution is -0.148. The third kappa shape index (κ3) is 22.1. The molecule has 0 aromatic rings. The summed E-state index contributed by atoms with van der Waals surface area (Å²) in [7, 11) is 1.43. The Balaban J connectivity index is 0. The van der Waals surface area contributed by atoms with E-state index in [-0.39, 0.29) is 25.3 Å². The molecule has 1 unspecified atom stereocenters. The Morgan fingerprint density at radius 3 is 1.85 bits per heavy atom. The lowest BCUT2D eigenvalue weighted by Gasteiger charge is -2.17. The molecule has 0 aliphatic rings. The van der Waals surface area contributed by atoms with Crippen molar-refractivity contribution < 1.29 is 28.6 Å². The van der Waals surface area contributed by atoms with Crippen LogP contribution >= 0.6 is 6.72 Å². The van der Waals surface area contributed by atoms with Gasteiger partial charge in [0.25, 0.3) is 0 Å². The fraction of sp³-hybridized carbons (Fsp3) is 0.944. The summed E-state index contributed by atoms with van der Waals surface area (Å²) in [5, 5.41) is 0. The molecule has 0 spiro atoms.